The van der Waals surface area contributed by atoms with Gasteiger partial charge in [0.1, 0.15) is 0 Å². The Morgan fingerprint density at radius 1 is 1.00 bits per heavy atom. The lowest BCUT2D eigenvalue weighted by Gasteiger charge is -2.28. The Bertz CT molecular complexity index is 564. The molecule has 1 N–H and O–H groups in total. The summed E-state index contributed by atoms with van der Waals surface area (Å²) in [5.74, 6) is 0. The lowest BCUT2D eigenvalue weighted by molar-refractivity contribution is 0.471. The summed E-state index contributed by atoms with van der Waals surface area (Å²) in [4.78, 5) is 14.9. The molecule has 1 aliphatic rings. The van der Waals surface area contributed by atoms with Gasteiger partial charge in [-0.1, -0.05) is 30.3 Å². The maximum Gasteiger partial charge on any atom is 0.344 e. The quantitative estimate of drug-likeness (QED) is 0.876. The van der Waals surface area contributed by atoms with Crippen molar-refractivity contribution in [1.82, 2.24) is 9.66 Å². The highest BCUT2D eigenvalue weighted by Gasteiger charge is 2.14. The second-order valence-corrected chi connectivity index (χ2v) is 4.70. The first-order valence-electron chi connectivity index (χ1n) is 6.47. The molecule has 0 spiro atoms. The van der Waals surface area contributed by atoms with Crippen LogP contribution in [0.3, 0.4) is 0 Å². The van der Waals surface area contributed by atoms with Crippen molar-refractivity contribution < 1.29 is 0 Å². The molecule has 0 amide bonds. The number of piperidine rings is 1. The van der Waals surface area contributed by atoms with Gasteiger partial charge in [0.25, 0.3) is 0 Å². The van der Waals surface area contributed by atoms with E-state index < -0.39 is 0 Å². The standard InChI is InChI=1S/C14H17N3O/c18-14-15-13(12-7-3-1-4-8-12)11-17(14)16-9-5-2-6-10-16/h1,3-4,7-8,11H,2,5-6,9-10H2,(H,15,18). The fourth-order valence-electron chi connectivity index (χ4n) is 2.45. The molecule has 1 aromatic carbocycles. The number of hydrogen-bond donors (Lipinski definition) is 1. The van der Waals surface area contributed by atoms with Crippen LogP contribution in [0.2, 0.25) is 0 Å². The number of aromatic nitrogens is 2. The molecule has 94 valence electrons. The molecule has 1 aromatic heterocycles. The zero-order valence-corrected chi connectivity index (χ0v) is 10.3. The van der Waals surface area contributed by atoms with E-state index in [0.29, 0.717) is 0 Å². The van der Waals surface area contributed by atoms with Crippen LogP contribution < -0.4 is 10.7 Å². The van der Waals surface area contributed by atoms with Crippen LogP contribution in [-0.2, 0) is 0 Å². The summed E-state index contributed by atoms with van der Waals surface area (Å²) >= 11 is 0. The summed E-state index contributed by atoms with van der Waals surface area (Å²) in [5, 5.41) is 2.12. The largest absolute Gasteiger partial charge is 0.344 e. The summed E-state index contributed by atoms with van der Waals surface area (Å²) in [7, 11) is 0. The van der Waals surface area contributed by atoms with E-state index in [1.54, 1.807) is 4.68 Å². The lowest BCUT2D eigenvalue weighted by atomic mass is 10.2. The molecule has 0 atom stereocenters. The molecule has 1 aliphatic heterocycles. The topological polar surface area (TPSA) is 41.0 Å². The van der Waals surface area contributed by atoms with Crippen LogP contribution in [0.5, 0.6) is 0 Å². The van der Waals surface area contributed by atoms with Crippen molar-refractivity contribution in [2.45, 2.75) is 19.3 Å². The third-order valence-electron chi connectivity index (χ3n) is 3.42. The fourth-order valence-corrected chi connectivity index (χ4v) is 2.45. The zero-order valence-electron chi connectivity index (χ0n) is 10.3. The molecule has 1 fully saturated rings. The Kier molecular flexibility index (Phi) is 2.92. The molecule has 3 rings (SSSR count). The van der Waals surface area contributed by atoms with E-state index in [1.807, 2.05) is 36.5 Å². The Labute approximate surface area is 106 Å². The maximum absolute atomic E-state index is 12.0. The Morgan fingerprint density at radius 3 is 2.44 bits per heavy atom. The van der Waals surface area contributed by atoms with Crippen LogP contribution in [0.25, 0.3) is 11.3 Å². The third kappa shape index (κ3) is 2.06. The number of hydrogen-bond acceptors (Lipinski definition) is 2. The number of rotatable bonds is 2. The maximum atomic E-state index is 12.0. The average molecular weight is 243 g/mol. The normalized spacial score (nSPS) is 15.9. The summed E-state index contributed by atoms with van der Waals surface area (Å²) in [6.07, 6.45) is 5.50. The predicted octanol–water partition coefficient (Wildman–Crippen LogP) is 1.97. The second kappa shape index (κ2) is 4.72. The smallest absolute Gasteiger partial charge is 0.309 e. The molecule has 1 saturated heterocycles. The van der Waals surface area contributed by atoms with Crippen molar-refractivity contribution in [2.75, 3.05) is 18.1 Å². The molecular weight excluding hydrogens is 226 g/mol. The van der Waals surface area contributed by atoms with Gasteiger partial charge in [-0.2, -0.15) is 0 Å². The molecule has 4 nitrogen and oxygen atoms in total. The minimum atomic E-state index is -0.0456. The van der Waals surface area contributed by atoms with Crippen LogP contribution >= 0.6 is 0 Å². The van der Waals surface area contributed by atoms with Gasteiger partial charge >= 0.3 is 5.69 Å². The predicted molar refractivity (Wildman–Crippen MR) is 72.3 cm³/mol. The molecular formula is C14H17N3O. The number of nitrogens with one attached hydrogen (secondary N) is 1. The SMILES string of the molecule is O=c1[nH]c(-c2ccccc2)cn1N1CCCCC1. The van der Waals surface area contributed by atoms with Gasteiger partial charge in [-0.15, -0.1) is 0 Å². The molecule has 2 heterocycles. The van der Waals surface area contributed by atoms with E-state index in [4.69, 9.17) is 0 Å². The number of aromatic amines is 1. The van der Waals surface area contributed by atoms with E-state index in [9.17, 15) is 4.79 Å². The summed E-state index contributed by atoms with van der Waals surface area (Å²) in [6, 6.07) is 9.94. The summed E-state index contributed by atoms with van der Waals surface area (Å²) < 4.78 is 1.72. The Hall–Kier alpha value is -1.97. The van der Waals surface area contributed by atoms with Crippen LogP contribution in [0.4, 0.5) is 0 Å². The zero-order chi connectivity index (χ0) is 12.4. The van der Waals surface area contributed by atoms with Crippen molar-refractivity contribution in [3.8, 4) is 11.3 Å². The van der Waals surface area contributed by atoms with E-state index >= 15 is 0 Å². The highest BCUT2D eigenvalue weighted by atomic mass is 16.2. The molecule has 18 heavy (non-hydrogen) atoms. The molecule has 4 heteroatoms. The van der Waals surface area contributed by atoms with E-state index in [2.05, 4.69) is 9.99 Å². The Balaban J connectivity index is 1.93. The van der Waals surface area contributed by atoms with Crippen molar-refractivity contribution in [2.24, 2.45) is 0 Å². The molecule has 0 aliphatic carbocycles. The molecule has 2 aromatic rings. The van der Waals surface area contributed by atoms with Gasteiger partial charge in [0, 0.05) is 13.1 Å². The third-order valence-corrected chi connectivity index (χ3v) is 3.42. The summed E-state index contributed by atoms with van der Waals surface area (Å²) in [6.45, 7) is 1.93. The van der Waals surface area contributed by atoms with Gasteiger partial charge in [0.15, 0.2) is 0 Å². The van der Waals surface area contributed by atoms with E-state index in [1.165, 1.54) is 6.42 Å². The van der Waals surface area contributed by atoms with Crippen molar-refractivity contribution in [1.29, 1.82) is 0 Å². The van der Waals surface area contributed by atoms with Crippen LogP contribution in [0.15, 0.2) is 41.3 Å². The number of nitrogens with zero attached hydrogens (tertiary/aromatic N) is 2. The molecule has 0 radical (unpaired) electrons. The van der Waals surface area contributed by atoms with Gasteiger partial charge < -0.3 is 9.99 Å². The fraction of sp³-hybridized carbons (Fsp3) is 0.357. The van der Waals surface area contributed by atoms with Gasteiger partial charge in [-0.05, 0) is 24.8 Å². The Morgan fingerprint density at radius 2 is 1.72 bits per heavy atom. The number of benzene rings is 1. The molecule has 0 saturated carbocycles. The van der Waals surface area contributed by atoms with Gasteiger partial charge in [-0.3, -0.25) is 0 Å². The van der Waals surface area contributed by atoms with Crippen molar-refractivity contribution in [3.05, 3.63) is 47.0 Å². The minimum Gasteiger partial charge on any atom is -0.309 e. The van der Waals surface area contributed by atoms with Crippen LogP contribution in [0.1, 0.15) is 19.3 Å². The first-order chi connectivity index (χ1) is 8.84. The average Bonchev–Trinajstić information content (AvgIpc) is 2.83. The second-order valence-electron chi connectivity index (χ2n) is 4.70. The molecule has 0 bridgehead atoms. The van der Waals surface area contributed by atoms with Crippen LogP contribution in [-0.4, -0.2) is 22.7 Å². The minimum absolute atomic E-state index is 0.0456. The first kappa shape index (κ1) is 11.1. The highest BCUT2D eigenvalue weighted by Crippen LogP contribution is 2.15. The number of imidazole rings is 1. The van der Waals surface area contributed by atoms with Gasteiger partial charge in [0.05, 0.1) is 11.9 Å². The molecule has 0 unspecified atom stereocenters. The summed E-state index contributed by atoms with van der Waals surface area (Å²) in [5.41, 5.74) is 1.88. The van der Waals surface area contributed by atoms with E-state index in [0.717, 1.165) is 37.2 Å². The van der Waals surface area contributed by atoms with Crippen molar-refractivity contribution >= 4 is 0 Å². The lowest BCUT2D eigenvalue weighted by Crippen LogP contribution is -2.43. The van der Waals surface area contributed by atoms with E-state index in [-0.39, 0.29) is 5.69 Å². The van der Waals surface area contributed by atoms with Crippen molar-refractivity contribution in [3.63, 3.8) is 0 Å². The first-order valence-corrected chi connectivity index (χ1v) is 6.47. The monoisotopic (exact) mass is 243 g/mol. The highest BCUT2D eigenvalue weighted by molar-refractivity contribution is 5.57. The van der Waals surface area contributed by atoms with Gasteiger partial charge in [0.2, 0.25) is 0 Å². The van der Waals surface area contributed by atoms with Crippen LogP contribution in [0, 0.1) is 0 Å². The number of H-pyrrole nitrogens is 1. The van der Waals surface area contributed by atoms with Gasteiger partial charge in [-0.25, -0.2) is 9.47 Å².